The lowest BCUT2D eigenvalue weighted by Gasteiger charge is -2.15. The molecule has 136 valence electrons. The Morgan fingerprint density at radius 2 is 1.88 bits per heavy atom. The molecule has 3 rings (SSSR count). The van der Waals surface area contributed by atoms with Crippen LogP contribution >= 0.6 is 0 Å². The zero-order valence-corrected chi connectivity index (χ0v) is 13.6. The normalized spacial score (nSPS) is 11.6. The van der Waals surface area contributed by atoms with Crippen LogP contribution in [0.2, 0.25) is 0 Å². The fourth-order valence-corrected chi connectivity index (χ4v) is 2.28. The van der Waals surface area contributed by atoms with E-state index in [1.165, 1.54) is 29.5 Å². The number of aliphatic hydroxyl groups is 1. The van der Waals surface area contributed by atoms with Crippen molar-refractivity contribution in [2.24, 2.45) is 0 Å². The Balaban J connectivity index is 1.75. The van der Waals surface area contributed by atoms with Gasteiger partial charge in [-0.3, -0.25) is 0 Å². The van der Waals surface area contributed by atoms with Crippen LogP contribution < -0.4 is 4.74 Å². The van der Waals surface area contributed by atoms with Gasteiger partial charge in [-0.1, -0.05) is 12.1 Å². The Bertz CT molecular complexity index is 894. The summed E-state index contributed by atoms with van der Waals surface area (Å²) in [6.07, 6.45) is -0.463. The van der Waals surface area contributed by atoms with Gasteiger partial charge >= 0.3 is 6.18 Å². The number of hydrogen-bond donors (Lipinski definition) is 1. The minimum atomic E-state index is -4.46. The summed E-state index contributed by atoms with van der Waals surface area (Å²) in [6, 6.07) is 3.98. The van der Waals surface area contributed by atoms with Crippen molar-refractivity contribution < 1.29 is 23.0 Å². The summed E-state index contributed by atoms with van der Waals surface area (Å²) in [4.78, 5) is 11.9. The number of aromatic nitrogens is 5. The molecule has 10 heteroatoms. The zero-order chi connectivity index (χ0) is 18.7. The van der Waals surface area contributed by atoms with Gasteiger partial charge in [-0.25, -0.2) is 15.0 Å². The molecule has 26 heavy (non-hydrogen) atoms. The average Bonchev–Trinajstić information content (AvgIpc) is 3.09. The molecule has 0 radical (unpaired) electrons. The third-order valence-electron chi connectivity index (χ3n) is 3.60. The van der Waals surface area contributed by atoms with E-state index in [-0.39, 0.29) is 36.3 Å². The van der Waals surface area contributed by atoms with Crippen molar-refractivity contribution in [1.82, 2.24) is 24.7 Å². The lowest BCUT2D eigenvalue weighted by Crippen LogP contribution is -2.12. The van der Waals surface area contributed by atoms with Gasteiger partial charge < -0.3 is 9.84 Å². The Kier molecular flexibility index (Phi) is 4.85. The summed E-state index contributed by atoms with van der Waals surface area (Å²) in [5.41, 5.74) is -0.182. The summed E-state index contributed by atoms with van der Waals surface area (Å²) >= 11 is 0. The van der Waals surface area contributed by atoms with Crippen molar-refractivity contribution in [3.8, 4) is 11.7 Å². The van der Waals surface area contributed by atoms with E-state index < -0.39 is 11.7 Å². The monoisotopic (exact) mass is 365 g/mol. The lowest BCUT2D eigenvalue weighted by molar-refractivity contribution is -0.138. The van der Waals surface area contributed by atoms with Gasteiger partial charge in [0, 0.05) is 5.56 Å². The number of nitrogens with zero attached hydrogens (tertiary/aromatic N) is 5. The van der Waals surface area contributed by atoms with Crippen LogP contribution in [0.4, 0.5) is 13.2 Å². The number of ether oxygens (including phenoxy) is 1. The molecule has 0 fully saturated rings. The molecule has 3 aromatic rings. The number of hydrogen-bond acceptors (Lipinski definition) is 6. The van der Waals surface area contributed by atoms with Crippen LogP contribution in [0.5, 0.6) is 5.75 Å². The third-order valence-corrected chi connectivity index (χ3v) is 3.60. The molecule has 2 heterocycles. The van der Waals surface area contributed by atoms with Gasteiger partial charge in [0.25, 0.3) is 5.95 Å². The maximum absolute atomic E-state index is 13.1. The van der Waals surface area contributed by atoms with E-state index in [1.807, 2.05) is 0 Å². The lowest BCUT2D eigenvalue weighted by atomic mass is 10.0. The molecule has 0 bridgehead atoms. The van der Waals surface area contributed by atoms with Gasteiger partial charge in [-0.15, -0.1) is 5.10 Å². The molecular formula is C16H14F3N5O2. The molecule has 7 nitrogen and oxygen atoms in total. The number of benzene rings is 1. The molecule has 1 N–H and O–H groups in total. The molecule has 0 saturated heterocycles. The van der Waals surface area contributed by atoms with E-state index in [0.29, 0.717) is 5.56 Å². The van der Waals surface area contributed by atoms with E-state index in [1.54, 1.807) is 13.0 Å². The maximum atomic E-state index is 13.1. The average molecular weight is 365 g/mol. The van der Waals surface area contributed by atoms with Crippen LogP contribution in [-0.2, 0) is 19.4 Å². The van der Waals surface area contributed by atoms with Crippen LogP contribution in [-0.4, -0.2) is 29.8 Å². The van der Waals surface area contributed by atoms with Crippen molar-refractivity contribution in [3.05, 3.63) is 59.4 Å². The molecule has 0 atom stereocenters. The predicted molar refractivity (Wildman–Crippen MR) is 83.4 cm³/mol. The van der Waals surface area contributed by atoms with Crippen LogP contribution in [0, 0.1) is 6.92 Å². The Morgan fingerprint density at radius 3 is 2.50 bits per heavy atom. The number of halogens is 3. The smallest absolute Gasteiger partial charge is 0.416 e. The Hall–Kier alpha value is -3.01. The molecule has 0 spiro atoms. The molecule has 1 aromatic carbocycles. The van der Waals surface area contributed by atoms with Crippen molar-refractivity contribution in [2.45, 2.75) is 26.3 Å². The Morgan fingerprint density at radius 1 is 1.15 bits per heavy atom. The van der Waals surface area contributed by atoms with Gasteiger partial charge in [-0.05, 0) is 18.6 Å². The highest BCUT2D eigenvalue weighted by atomic mass is 19.4. The van der Waals surface area contributed by atoms with Crippen LogP contribution in [0.15, 0.2) is 36.9 Å². The van der Waals surface area contributed by atoms with E-state index in [0.717, 1.165) is 6.07 Å². The molecule has 0 saturated carbocycles. The fraction of sp³-hybridized carbons (Fsp3) is 0.250. The zero-order valence-electron chi connectivity index (χ0n) is 13.6. The molecular weight excluding hydrogens is 351 g/mol. The molecule has 0 amide bonds. The number of rotatable bonds is 5. The van der Waals surface area contributed by atoms with Crippen molar-refractivity contribution in [2.75, 3.05) is 0 Å². The SMILES string of the molecule is Cc1cccc(C(F)(F)F)c1COc1cnc(-n2cnc(CO)n2)nc1. The van der Waals surface area contributed by atoms with E-state index in [2.05, 4.69) is 20.1 Å². The summed E-state index contributed by atoms with van der Waals surface area (Å²) < 4.78 is 46.0. The fourth-order valence-electron chi connectivity index (χ4n) is 2.28. The van der Waals surface area contributed by atoms with Crippen molar-refractivity contribution in [3.63, 3.8) is 0 Å². The topological polar surface area (TPSA) is 86.0 Å². The van der Waals surface area contributed by atoms with E-state index >= 15 is 0 Å². The summed E-state index contributed by atoms with van der Waals surface area (Å²) in [5, 5.41) is 12.9. The van der Waals surface area contributed by atoms with Gasteiger partial charge in [0.2, 0.25) is 0 Å². The maximum Gasteiger partial charge on any atom is 0.416 e. The quantitative estimate of drug-likeness (QED) is 0.748. The first kappa shape index (κ1) is 17.8. The van der Waals surface area contributed by atoms with Crippen LogP contribution in [0.3, 0.4) is 0 Å². The van der Waals surface area contributed by atoms with Crippen LogP contribution in [0.1, 0.15) is 22.5 Å². The first-order valence-corrected chi connectivity index (χ1v) is 7.51. The van der Waals surface area contributed by atoms with Crippen LogP contribution in [0.25, 0.3) is 5.95 Å². The highest BCUT2D eigenvalue weighted by Gasteiger charge is 2.33. The minimum absolute atomic E-state index is 0.0629. The number of aliphatic hydroxyl groups excluding tert-OH is 1. The van der Waals surface area contributed by atoms with Gasteiger partial charge in [0.1, 0.15) is 19.5 Å². The second kappa shape index (κ2) is 7.08. The van der Waals surface area contributed by atoms with Gasteiger partial charge in [-0.2, -0.15) is 17.9 Å². The largest absolute Gasteiger partial charge is 0.486 e. The van der Waals surface area contributed by atoms with E-state index in [4.69, 9.17) is 9.84 Å². The summed E-state index contributed by atoms with van der Waals surface area (Å²) in [7, 11) is 0. The predicted octanol–water partition coefficient (Wildman–Crippen LogP) is 2.46. The third kappa shape index (κ3) is 3.80. The summed E-state index contributed by atoms with van der Waals surface area (Å²) in [5.74, 6) is 0.622. The second-order valence-corrected chi connectivity index (χ2v) is 5.37. The molecule has 2 aromatic heterocycles. The summed E-state index contributed by atoms with van der Waals surface area (Å²) in [6.45, 7) is 1.02. The Labute approximate surface area is 146 Å². The molecule has 0 aliphatic carbocycles. The highest BCUT2D eigenvalue weighted by Crippen LogP contribution is 2.33. The molecule has 0 aliphatic rings. The van der Waals surface area contributed by atoms with Crippen molar-refractivity contribution in [1.29, 1.82) is 0 Å². The molecule has 0 unspecified atom stereocenters. The van der Waals surface area contributed by atoms with Gasteiger partial charge in [0.15, 0.2) is 11.6 Å². The number of aryl methyl sites for hydroxylation is 1. The second-order valence-electron chi connectivity index (χ2n) is 5.37. The van der Waals surface area contributed by atoms with Crippen molar-refractivity contribution >= 4 is 0 Å². The standard InChI is InChI=1S/C16H14F3N5O2/c1-10-3-2-4-13(16(17,18)19)12(10)8-26-11-5-20-15(21-6-11)24-9-22-14(7-25)23-24/h2-6,9,25H,7-8H2,1H3. The van der Waals surface area contributed by atoms with E-state index in [9.17, 15) is 13.2 Å². The minimum Gasteiger partial charge on any atom is -0.486 e. The molecule has 0 aliphatic heterocycles. The first-order valence-electron chi connectivity index (χ1n) is 7.51. The first-order chi connectivity index (χ1) is 12.4. The highest BCUT2D eigenvalue weighted by molar-refractivity contribution is 5.36. The number of alkyl halides is 3. The van der Waals surface area contributed by atoms with Gasteiger partial charge in [0.05, 0.1) is 18.0 Å².